The quantitative estimate of drug-likeness (QED) is 0.617. The second-order valence-corrected chi connectivity index (χ2v) is 4.59. The molecule has 1 rings (SSSR count). The van der Waals surface area contributed by atoms with Crippen LogP contribution in [0, 0.1) is 0 Å². The van der Waals surface area contributed by atoms with Gasteiger partial charge in [0.25, 0.3) is 0 Å². The van der Waals surface area contributed by atoms with Crippen molar-refractivity contribution < 1.29 is 14.2 Å². The Labute approximate surface area is 126 Å². The Kier molecular flexibility index (Phi) is 8.45. The summed E-state index contributed by atoms with van der Waals surface area (Å²) >= 11 is 0. The van der Waals surface area contributed by atoms with Crippen LogP contribution < -0.4 is 15.4 Å². The summed E-state index contributed by atoms with van der Waals surface area (Å²) in [5, 5.41) is 0. The van der Waals surface area contributed by atoms with Crippen molar-refractivity contribution in [1.82, 2.24) is 9.97 Å². The number of ether oxygens (including phenoxy) is 3. The van der Waals surface area contributed by atoms with Gasteiger partial charge >= 0.3 is 0 Å². The van der Waals surface area contributed by atoms with Crippen molar-refractivity contribution in [3.63, 3.8) is 0 Å². The van der Waals surface area contributed by atoms with Crippen LogP contribution >= 0.6 is 0 Å². The Bertz CT molecular complexity index is 404. The van der Waals surface area contributed by atoms with Crippen LogP contribution in [0.15, 0.2) is 6.33 Å². The van der Waals surface area contributed by atoms with Crippen LogP contribution in [0.25, 0.3) is 0 Å². The third kappa shape index (κ3) is 5.73. The van der Waals surface area contributed by atoms with Crippen LogP contribution in [0.2, 0.25) is 0 Å². The molecule has 1 heterocycles. The molecule has 7 heteroatoms. The van der Waals surface area contributed by atoms with Gasteiger partial charge in [-0.15, -0.1) is 0 Å². The smallest absolute Gasteiger partial charge is 0.242 e. The van der Waals surface area contributed by atoms with E-state index < -0.39 is 0 Å². The Balaban J connectivity index is 2.83. The van der Waals surface area contributed by atoms with Gasteiger partial charge in [0.05, 0.1) is 13.2 Å². The Morgan fingerprint density at radius 3 is 2.52 bits per heavy atom. The van der Waals surface area contributed by atoms with Crippen LogP contribution in [0.3, 0.4) is 0 Å². The predicted octanol–water partition coefficient (Wildman–Crippen LogP) is 1.34. The minimum Gasteiger partial charge on any atom is -0.476 e. The zero-order valence-corrected chi connectivity index (χ0v) is 13.2. The number of aromatic nitrogens is 2. The van der Waals surface area contributed by atoms with Gasteiger partial charge in [-0.25, -0.2) is 4.98 Å². The monoisotopic (exact) mass is 298 g/mol. The summed E-state index contributed by atoms with van der Waals surface area (Å²) in [5.41, 5.74) is 6.61. The number of nitrogens with zero attached hydrogens (tertiary/aromatic N) is 3. The number of hydrogen-bond acceptors (Lipinski definition) is 7. The lowest BCUT2D eigenvalue weighted by Gasteiger charge is -2.25. The van der Waals surface area contributed by atoms with Crippen molar-refractivity contribution in [2.45, 2.75) is 19.8 Å². The first-order chi connectivity index (χ1) is 10.2. The number of rotatable bonds is 11. The minimum absolute atomic E-state index is 0.441. The molecule has 0 unspecified atom stereocenters. The maximum atomic E-state index is 6.14. The maximum absolute atomic E-state index is 6.14. The topological polar surface area (TPSA) is 82.7 Å². The molecule has 2 N–H and O–H groups in total. The predicted molar refractivity (Wildman–Crippen MR) is 82.8 cm³/mol. The van der Waals surface area contributed by atoms with Crippen LogP contribution in [-0.4, -0.2) is 57.1 Å². The summed E-state index contributed by atoms with van der Waals surface area (Å²) in [6.07, 6.45) is 3.27. The van der Waals surface area contributed by atoms with E-state index in [2.05, 4.69) is 14.9 Å². The Morgan fingerprint density at radius 1 is 1.10 bits per heavy atom. The molecule has 0 saturated carbocycles. The Morgan fingerprint density at radius 2 is 1.86 bits per heavy atom. The van der Waals surface area contributed by atoms with Crippen LogP contribution in [0.1, 0.15) is 19.8 Å². The van der Waals surface area contributed by atoms with Gasteiger partial charge in [-0.3, -0.25) is 0 Å². The highest BCUT2D eigenvalue weighted by atomic mass is 16.5. The molecule has 1 aromatic rings. The summed E-state index contributed by atoms with van der Waals surface area (Å²) in [5.74, 6) is 1.13. The highest BCUT2D eigenvalue weighted by Crippen LogP contribution is 2.27. The van der Waals surface area contributed by atoms with Gasteiger partial charge in [0, 0.05) is 33.9 Å². The number of hydrogen-bond donors (Lipinski definition) is 1. The highest BCUT2D eigenvalue weighted by Gasteiger charge is 2.15. The molecule has 0 aliphatic rings. The molecule has 0 bridgehead atoms. The fourth-order valence-corrected chi connectivity index (χ4v) is 1.86. The van der Waals surface area contributed by atoms with Gasteiger partial charge in [-0.2, -0.15) is 4.98 Å². The molecule has 120 valence electrons. The maximum Gasteiger partial charge on any atom is 0.242 e. The van der Waals surface area contributed by atoms with Crippen molar-refractivity contribution >= 4 is 11.5 Å². The van der Waals surface area contributed by atoms with Gasteiger partial charge in [0.15, 0.2) is 5.82 Å². The van der Waals surface area contributed by atoms with E-state index in [-0.39, 0.29) is 0 Å². The second kappa shape index (κ2) is 10.2. The van der Waals surface area contributed by atoms with Crippen molar-refractivity contribution in [3.05, 3.63) is 6.33 Å². The lowest BCUT2D eigenvalue weighted by atomic mass is 10.3. The average molecular weight is 298 g/mol. The van der Waals surface area contributed by atoms with Crippen LogP contribution in [0.5, 0.6) is 5.88 Å². The van der Waals surface area contributed by atoms with E-state index in [9.17, 15) is 0 Å². The molecule has 7 nitrogen and oxygen atoms in total. The first-order valence-corrected chi connectivity index (χ1v) is 7.20. The largest absolute Gasteiger partial charge is 0.476 e. The summed E-state index contributed by atoms with van der Waals surface area (Å²) in [7, 11) is 3.36. The fraction of sp³-hybridized carbons (Fsp3) is 0.714. The van der Waals surface area contributed by atoms with Gasteiger partial charge < -0.3 is 24.8 Å². The average Bonchev–Trinajstić information content (AvgIpc) is 2.50. The standard InChI is InChI=1S/C14H26N4O3/c1-4-8-21-14-12(15)13(16-11-17-14)18(7-10-20-3)6-5-9-19-2/h11H,4-10,15H2,1-3H3. The summed E-state index contributed by atoms with van der Waals surface area (Å²) < 4.78 is 15.8. The first-order valence-electron chi connectivity index (χ1n) is 7.20. The molecule has 1 aromatic heterocycles. The third-order valence-corrected chi connectivity index (χ3v) is 2.91. The molecular formula is C14H26N4O3. The first kappa shape index (κ1) is 17.5. The zero-order chi connectivity index (χ0) is 15.5. The van der Waals surface area contributed by atoms with Crippen LogP contribution in [0.4, 0.5) is 11.5 Å². The molecule has 0 spiro atoms. The van der Waals surface area contributed by atoms with Crippen molar-refractivity contribution in [2.75, 3.05) is 57.8 Å². The molecule has 0 aromatic carbocycles. The van der Waals surface area contributed by atoms with E-state index in [0.717, 1.165) is 19.4 Å². The summed E-state index contributed by atoms with van der Waals surface area (Å²) in [6, 6.07) is 0. The third-order valence-electron chi connectivity index (χ3n) is 2.91. The number of nitrogens with two attached hydrogens (primary N) is 1. The molecule has 0 fully saturated rings. The van der Waals surface area contributed by atoms with E-state index in [1.807, 2.05) is 6.92 Å². The fourth-order valence-electron chi connectivity index (χ4n) is 1.86. The molecule has 0 saturated heterocycles. The van der Waals surface area contributed by atoms with Crippen molar-refractivity contribution in [1.29, 1.82) is 0 Å². The van der Waals surface area contributed by atoms with E-state index >= 15 is 0 Å². The number of methoxy groups -OCH3 is 2. The van der Waals surface area contributed by atoms with Crippen LogP contribution in [-0.2, 0) is 9.47 Å². The van der Waals surface area contributed by atoms with E-state index in [1.165, 1.54) is 6.33 Å². The van der Waals surface area contributed by atoms with Gasteiger partial charge in [0.2, 0.25) is 5.88 Å². The van der Waals surface area contributed by atoms with E-state index in [4.69, 9.17) is 19.9 Å². The second-order valence-electron chi connectivity index (χ2n) is 4.59. The molecule has 0 aliphatic carbocycles. The molecule has 21 heavy (non-hydrogen) atoms. The van der Waals surface area contributed by atoms with Gasteiger partial charge in [0.1, 0.15) is 12.0 Å². The molecule has 0 amide bonds. The summed E-state index contributed by atoms with van der Waals surface area (Å²) in [4.78, 5) is 10.5. The SMILES string of the molecule is CCCOc1ncnc(N(CCCOC)CCOC)c1N. The van der Waals surface area contributed by atoms with E-state index in [1.54, 1.807) is 14.2 Å². The minimum atomic E-state index is 0.441. The van der Waals surface area contributed by atoms with Crippen molar-refractivity contribution in [2.24, 2.45) is 0 Å². The lowest BCUT2D eigenvalue weighted by molar-refractivity contribution is 0.191. The number of nitrogen functional groups attached to an aromatic ring is 1. The summed E-state index contributed by atoms with van der Waals surface area (Å²) in [6.45, 7) is 5.39. The molecule has 0 atom stereocenters. The molecule has 0 radical (unpaired) electrons. The van der Waals surface area contributed by atoms with Gasteiger partial charge in [-0.1, -0.05) is 6.92 Å². The van der Waals surface area contributed by atoms with Gasteiger partial charge in [-0.05, 0) is 12.8 Å². The van der Waals surface area contributed by atoms with Crippen molar-refractivity contribution in [3.8, 4) is 5.88 Å². The lowest BCUT2D eigenvalue weighted by Crippen LogP contribution is -2.30. The number of anilines is 2. The normalized spacial score (nSPS) is 10.6. The van der Waals surface area contributed by atoms with E-state index in [0.29, 0.717) is 43.8 Å². The molecule has 0 aliphatic heterocycles. The highest BCUT2D eigenvalue weighted by molar-refractivity contribution is 5.67. The zero-order valence-electron chi connectivity index (χ0n) is 13.2. The molecular weight excluding hydrogens is 272 g/mol. The Hall–Kier alpha value is -1.60.